The molecule has 0 rings (SSSR count). The summed E-state index contributed by atoms with van der Waals surface area (Å²) in [4.78, 5) is 9.64. The van der Waals surface area contributed by atoms with Crippen LogP contribution in [0.15, 0.2) is 46.6 Å². The van der Waals surface area contributed by atoms with Crippen LogP contribution in [-0.4, -0.2) is 58.1 Å². The van der Waals surface area contributed by atoms with Crippen LogP contribution in [0.25, 0.3) is 0 Å². The molecule has 2 atom stereocenters. The Morgan fingerprint density at radius 3 is 1.91 bits per heavy atom. The maximum atomic E-state index is 11.8. The van der Waals surface area contributed by atoms with Crippen LogP contribution in [0.3, 0.4) is 0 Å². The Labute approximate surface area is 214 Å². The van der Waals surface area contributed by atoms with Gasteiger partial charge < -0.3 is 19.7 Å². The van der Waals surface area contributed by atoms with Crippen LogP contribution in [0, 0.1) is 0 Å². The third-order valence-corrected chi connectivity index (χ3v) is 6.36. The quantitative estimate of drug-likeness (QED) is 0.102. The Balaban J connectivity index is 4.13. The van der Waals surface area contributed by atoms with Gasteiger partial charge in [0.05, 0.1) is 26.4 Å². The third kappa shape index (κ3) is 21.9. The Kier molecular flexibility index (Phi) is 20.4. The molecule has 8 heteroatoms. The zero-order chi connectivity index (χ0) is 26.5. The van der Waals surface area contributed by atoms with Crippen molar-refractivity contribution < 1.29 is 28.0 Å². The average molecular weight is 516 g/mol. The van der Waals surface area contributed by atoms with Crippen molar-refractivity contribution in [1.82, 2.24) is 5.32 Å². The Hall–Kier alpha value is -1.05. The zero-order valence-corrected chi connectivity index (χ0v) is 24.0. The van der Waals surface area contributed by atoms with Gasteiger partial charge in [0.1, 0.15) is 6.10 Å². The van der Waals surface area contributed by atoms with Gasteiger partial charge >= 0.3 is 7.82 Å². The molecule has 0 amide bonds. The fourth-order valence-corrected chi connectivity index (χ4v) is 3.80. The van der Waals surface area contributed by atoms with Crippen LogP contribution in [0.5, 0.6) is 0 Å². The third-order valence-electron chi connectivity index (χ3n) is 5.37. The van der Waals surface area contributed by atoms with Gasteiger partial charge in [-0.3, -0.25) is 9.05 Å². The topological polar surface area (TPSA) is 86.3 Å². The number of phosphoric acid groups is 1. The molecule has 0 radical (unpaired) electrons. The lowest BCUT2D eigenvalue weighted by Gasteiger charge is -2.17. The number of rotatable bonds is 21. The lowest BCUT2D eigenvalue weighted by Crippen LogP contribution is -2.24. The zero-order valence-electron chi connectivity index (χ0n) is 23.1. The SMILES string of the molecule is CNCCOP(=O)(O)OCC(COC/C=C(\C)CC/C=C(\C)CC/C=C(\C)CCC=C(C)C)OC. The minimum Gasteiger partial charge on any atom is -0.377 e. The summed E-state index contributed by atoms with van der Waals surface area (Å²) < 4.78 is 32.5. The minimum absolute atomic E-state index is 0.0826. The van der Waals surface area contributed by atoms with Crippen LogP contribution < -0.4 is 5.32 Å². The Morgan fingerprint density at radius 1 is 0.857 bits per heavy atom. The van der Waals surface area contributed by atoms with Gasteiger partial charge in [-0.05, 0) is 80.2 Å². The molecule has 0 aromatic carbocycles. The van der Waals surface area contributed by atoms with Crippen LogP contribution >= 0.6 is 7.82 Å². The highest BCUT2D eigenvalue weighted by molar-refractivity contribution is 7.47. The molecular formula is C27H50NO6P. The van der Waals surface area contributed by atoms with Crippen molar-refractivity contribution >= 4 is 7.82 Å². The molecule has 7 nitrogen and oxygen atoms in total. The first kappa shape index (κ1) is 34.0. The molecule has 0 saturated carbocycles. The summed E-state index contributed by atoms with van der Waals surface area (Å²) in [5.74, 6) is 0. The second-order valence-corrected chi connectivity index (χ2v) is 10.6. The van der Waals surface area contributed by atoms with Crippen LogP contribution in [-0.2, 0) is 23.1 Å². The first-order valence-electron chi connectivity index (χ1n) is 12.6. The number of methoxy groups -OCH3 is 1. The van der Waals surface area contributed by atoms with Gasteiger partial charge in [0.2, 0.25) is 0 Å². The van der Waals surface area contributed by atoms with E-state index >= 15 is 0 Å². The highest BCUT2D eigenvalue weighted by atomic mass is 31.2. The molecule has 0 aliphatic rings. The normalized spacial score (nSPS) is 15.7. The van der Waals surface area contributed by atoms with E-state index in [1.807, 2.05) is 0 Å². The molecule has 0 aliphatic carbocycles. The molecule has 0 fully saturated rings. The highest BCUT2D eigenvalue weighted by Gasteiger charge is 2.23. The molecule has 0 bridgehead atoms. The Bertz CT molecular complexity index is 725. The van der Waals surface area contributed by atoms with E-state index in [1.165, 1.54) is 29.4 Å². The van der Waals surface area contributed by atoms with Crippen molar-refractivity contribution in [1.29, 1.82) is 0 Å². The number of nitrogens with one attached hydrogen (secondary N) is 1. The summed E-state index contributed by atoms with van der Waals surface area (Å²) in [7, 11) is -0.840. The van der Waals surface area contributed by atoms with Gasteiger partial charge in [-0.15, -0.1) is 0 Å². The van der Waals surface area contributed by atoms with Crippen LogP contribution in [0.2, 0.25) is 0 Å². The fourth-order valence-electron chi connectivity index (χ4n) is 3.05. The van der Waals surface area contributed by atoms with E-state index in [-0.39, 0.29) is 19.8 Å². The number of allylic oxidation sites excluding steroid dienone is 7. The standard InChI is InChI=1S/C27H50NO6P/c1-23(2)11-8-12-24(3)13-9-14-25(4)15-10-16-26(5)17-19-32-21-27(31-7)22-34-35(29,30)33-20-18-28-6/h11,13,15,17,27-28H,8-10,12,14,16,18-22H2,1-7H3,(H,29,30)/b24-13+,25-15+,26-17+. The summed E-state index contributed by atoms with van der Waals surface area (Å²) in [5, 5.41) is 2.83. The number of likely N-dealkylation sites (N-methyl/N-ethyl adjacent to an activating group) is 1. The number of hydrogen-bond acceptors (Lipinski definition) is 6. The van der Waals surface area contributed by atoms with E-state index in [0.717, 1.165) is 38.5 Å². The van der Waals surface area contributed by atoms with Crippen molar-refractivity contribution in [3.05, 3.63) is 46.6 Å². The van der Waals surface area contributed by atoms with Gasteiger partial charge in [-0.1, -0.05) is 46.6 Å². The van der Waals surface area contributed by atoms with Crippen molar-refractivity contribution in [2.45, 2.75) is 79.2 Å². The highest BCUT2D eigenvalue weighted by Crippen LogP contribution is 2.43. The summed E-state index contributed by atoms with van der Waals surface area (Å²) in [6.45, 7) is 12.0. The monoisotopic (exact) mass is 515 g/mol. The second-order valence-electron chi connectivity index (χ2n) is 9.15. The minimum atomic E-state index is -4.08. The van der Waals surface area contributed by atoms with Crippen molar-refractivity contribution in [3.8, 4) is 0 Å². The maximum absolute atomic E-state index is 11.8. The van der Waals surface area contributed by atoms with Gasteiger partial charge in [0.25, 0.3) is 0 Å². The van der Waals surface area contributed by atoms with E-state index in [9.17, 15) is 9.46 Å². The molecule has 35 heavy (non-hydrogen) atoms. The summed E-state index contributed by atoms with van der Waals surface area (Å²) in [6.07, 6.45) is 15.1. The first-order valence-corrected chi connectivity index (χ1v) is 14.1. The van der Waals surface area contributed by atoms with Crippen molar-refractivity contribution in [3.63, 3.8) is 0 Å². The smallest absolute Gasteiger partial charge is 0.377 e. The van der Waals surface area contributed by atoms with Crippen molar-refractivity contribution in [2.24, 2.45) is 0 Å². The van der Waals surface area contributed by atoms with E-state index in [0.29, 0.717) is 13.2 Å². The molecule has 0 heterocycles. The lowest BCUT2D eigenvalue weighted by atomic mass is 10.0. The van der Waals surface area contributed by atoms with Gasteiger partial charge in [-0.2, -0.15) is 0 Å². The van der Waals surface area contributed by atoms with E-state index in [2.05, 4.69) is 64.2 Å². The number of ether oxygens (including phenoxy) is 2. The summed E-state index contributed by atoms with van der Waals surface area (Å²) in [5.41, 5.74) is 5.56. The fraction of sp³-hybridized carbons (Fsp3) is 0.704. The molecule has 0 spiro atoms. The lowest BCUT2D eigenvalue weighted by molar-refractivity contribution is -0.0153. The summed E-state index contributed by atoms with van der Waals surface area (Å²) >= 11 is 0. The largest absolute Gasteiger partial charge is 0.472 e. The molecule has 0 aromatic rings. The van der Waals surface area contributed by atoms with Gasteiger partial charge in [0.15, 0.2) is 0 Å². The van der Waals surface area contributed by atoms with Gasteiger partial charge in [-0.25, -0.2) is 4.57 Å². The molecule has 204 valence electrons. The predicted octanol–water partition coefficient (Wildman–Crippen LogP) is 6.52. The molecular weight excluding hydrogens is 465 g/mol. The van der Waals surface area contributed by atoms with Gasteiger partial charge in [0, 0.05) is 13.7 Å². The van der Waals surface area contributed by atoms with Crippen molar-refractivity contribution in [2.75, 3.05) is 47.1 Å². The molecule has 2 N–H and O–H groups in total. The molecule has 0 aromatic heterocycles. The second kappa shape index (κ2) is 21.1. The Morgan fingerprint density at radius 2 is 1.40 bits per heavy atom. The number of phosphoric ester groups is 1. The van der Waals surface area contributed by atoms with E-state index < -0.39 is 13.9 Å². The number of hydrogen-bond donors (Lipinski definition) is 2. The molecule has 2 unspecified atom stereocenters. The maximum Gasteiger partial charge on any atom is 0.472 e. The molecule has 0 saturated heterocycles. The van der Waals surface area contributed by atoms with E-state index in [1.54, 1.807) is 7.05 Å². The summed E-state index contributed by atoms with van der Waals surface area (Å²) in [6, 6.07) is 0. The van der Waals surface area contributed by atoms with Crippen LogP contribution in [0.4, 0.5) is 0 Å². The molecule has 0 aliphatic heterocycles. The van der Waals surface area contributed by atoms with Crippen LogP contribution in [0.1, 0.15) is 73.1 Å². The predicted molar refractivity (Wildman–Crippen MR) is 146 cm³/mol. The van der Waals surface area contributed by atoms with E-state index in [4.69, 9.17) is 18.5 Å². The average Bonchev–Trinajstić information content (AvgIpc) is 2.78. The first-order chi connectivity index (χ1) is 16.6.